The lowest BCUT2D eigenvalue weighted by Crippen LogP contribution is -2.45. The van der Waals surface area contributed by atoms with Gasteiger partial charge in [0.2, 0.25) is 0 Å². The molecule has 6 heteroatoms. The Hall–Kier alpha value is -3.28. The molecule has 0 saturated carbocycles. The van der Waals surface area contributed by atoms with Crippen LogP contribution in [0.1, 0.15) is 22.3 Å². The molecule has 0 spiro atoms. The Morgan fingerprint density at radius 1 is 1.15 bits per heavy atom. The summed E-state index contributed by atoms with van der Waals surface area (Å²) >= 11 is 0. The zero-order valence-corrected chi connectivity index (χ0v) is 15.4. The number of fused-ring (bicyclic) bond motifs is 1. The number of primary amides is 1. The number of esters is 1. The third-order valence-electron chi connectivity index (χ3n) is 4.36. The third-order valence-corrected chi connectivity index (χ3v) is 4.36. The zero-order chi connectivity index (χ0) is 19.4. The van der Waals surface area contributed by atoms with Crippen LogP contribution in [0.2, 0.25) is 0 Å². The lowest BCUT2D eigenvalue weighted by atomic mass is 10.0. The summed E-state index contributed by atoms with van der Waals surface area (Å²) in [5.74, 6) is -0.516. The number of H-pyrrole nitrogens is 1. The number of carbonyl (C=O) groups excluding carboxylic acids is 2. The number of amides is 2. The Labute approximate surface area is 157 Å². The van der Waals surface area contributed by atoms with Gasteiger partial charge in [-0.1, -0.05) is 47.5 Å². The van der Waals surface area contributed by atoms with Crippen molar-refractivity contribution >= 4 is 22.9 Å². The lowest BCUT2D eigenvalue weighted by molar-refractivity contribution is -0.147. The summed E-state index contributed by atoms with van der Waals surface area (Å²) in [6.07, 6.45) is 2.12. The van der Waals surface area contributed by atoms with E-state index in [9.17, 15) is 9.59 Å². The van der Waals surface area contributed by atoms with Crippen LogP contribution in [0.15, 0.2) is 48.7 Å². The van der Waals surface area contributed by atoms with Crippen LogP contribution in [-0.2, 0) is 22.6 Å². The van der Waals surface area contributed by atoms with E-state index >= 15 is 0 Å². The number of ether oxygens (including phenoxy) is 1. The average molecular weight is 365 g/mol. The molecule has 0 aliphatic heterocycles. The van der Waals surface area contributed by atoms with E-state index in [0.717, 1.165) is 33.2 Å². The van der Waals surface area contributed by atoms with Crippen LogP contribution in [0, 0.1) is 13.8 Å². The van der Waals surface area contributed by atoms with E-state index in [4.69, 9.17) is 10.5 Å². The Bertz CT molecular complexity index is 957. The first-order valence-electron chi connectivity index (χ1n) is 8.77. The highest BCUT2D eigenvalue weighted by molar-refractivity contribution is 5.86. The molecule has 27 heavy (non-hydrogen) atoms. The molecule has 2 aromatic carbocycles. The van der Waals surface area contributed by atoms with Crippen molar-refractivity contribution in [3.8, 4) is 0 Å². The normalized spacial score (nSPS) is 11.9. The van der Waals surface area contributed by atoms with Gasteiger partial charge in [-0.2, -0.15) is 0 Å². The minimum atomic E-state index is -0.854. The third kappa shape index (κ3) is 4.67. The van der Waals surface area contributed by atoms with Crippen LogP contribution >= 0.6 is 0 Å². The standard InChI is InChI=1S/C21H23N3O3/c1-13-7-14(2)9-15(8-13)12-27-20(25)19(24-21(22)26)10-16-11-23-18-6-4-3-5-17(16)18/h3-9,11,19,23H,10,12H2,1-2H3,(H3,22,24,26). The van der Waals surface area contributed by atoms with Gasteiger partial charge in [-0.05, 0) is 31.0 Å². The number of para-hydroxylation sites is 1. The molecule has 2 amide bonds. The van der Waals surface area contributed by atoms with E-state index in [2.05, 4.69) is 16.4 Å². The highest BCUT2D eigenvalue weighted by atomic mass is 16.5. The Morgan fingerprint density at radius 3 is 2.56 bits per heavy atom. The highest BCUT2D eigenvalue weighted by Crippen LogP contribution is 2.19. The summed E-state index contributed by atoms with van der Waals surface area (Å²) in [7, 11) is 0. The maximum absolute atomic E-state index is 12.6. The van der Waals surface area contributed by atoms with Gasteiger partial charge in [0.1, 0.15) is 12.6 Å². The van der Waals surface area contributed by atoms with Crippen LogP contribution in [0.5, 0.6) is 0 Å². The SMILES string of the molecule is Cc1cc(C)cc(COC(=O)C(Cc2c[nH]c3ccccc23)NC(N)=O)c1. The number of rotatable bonds is 6. The Balaban J connectivity index is 1.73. The van der Waals surface area contributed by atoms with Gasteiger partial charge in [-0.25, -0.2) is 9.59 Å². The summed E-state index contributed by atoms with van der Waals surface area (Å²) in [6, 6.07) is 12.1. The van der Waals surface area contributed by atoms with Crippen molar-refractivity contribution in [3.63, 3.8) is 0 Å². The number of urea groups is 1. The van der Waals surface area contributed by atoms with Crippen molar-refractivity contribution in [2.24, 2.45) is 5.73 Å². The van der Waals surface area contributed by atoms with Gasteiger partial charge in [0.05, 0.1) is 0 Å². The fourth-order valence-electron chi connectivity index (χ4n) is 3.29. The maximum Gasteiger partial charge on any atom is 0.329 e. The molecule has 4 N–H and O–H groups in total. The number of hydrogen-bond donors (Lipinski definition) is 3. The molecular formula is C21H23N3O3. The molecule has 3 aromatic rings. The predicted molar refractivity (Wildman–Crippen MR) is 104 cm³/mol. The van der Waals surface area contributed by atoms with Crippen molar-refractivity contribution in [2.45, 2.75) is 32.9 Å². The molecule has 1 aromatic heterocycles. The molecule has 0 aliphatic carbocycles. The highest BCUT2D eigenvalue weighted by Gasteiger charge is 2.23. The van der Waals surface area contributed by atoms with Gasteiger partial charge in [-0.15, -0.1) is 0 Å². The summed E-state index contributed by atoms with van der Waals surface area (Å²) in [5, 5.41) is 3.49. The number of nitrogens with one attached hydrogen (secondary N) is 2. The largest absolute Gasteiger partial charge is 0.459 e. The molecule has 1 unspecified atom stereocenters. The summed E-state index contributed by atoms with van der Waals surface area (Å²) in [6.45, 7) is 4.13. The van der Waals surface area contributed by atoms with Crippen LogP contribution in [0.25, 0.3) is 10.9 Å². The minimum absolute atomic E-state index is 0.145. The first-order chi connectivity index (χ1) is 12.9. The number of nitrogens with two attached hydrogens (primary N) is 1. The number of aromatic nitrogens is 1. The molecule has 0 fully saturated rings. The Morgan fingerprint density at radius 2 is 1.85 bits per heavy atom. The number of aryl methyl sites for hydroxylation is 2. The molecule has 3 rings (SSSR count). The number of carbonyl (C=O) groups is 2. The van der Waals surface area contributed by atoms with Crippen molar-refractivity contribution in [2.75, 3.05) is 0 Å². The lowest BCUT2D eigenvalue weighted by Gasteiger charge is -2.16. The fraction of sp³-hybridized carbons (Fsp3) is 0.238. The number of aromatic amines is 1. The Kier molecular flexibility index (Phi) is 5.45. The smallest absolute Gasteiger partial charge is 0.329 e. The molecule has 0 radical (unpaired) electrons. The monoisotopic (exact) mass is 365 g/mol. The summed E-state index contributed by atoms with van der Waals surface area (Å²) < 4.78 is 5.44. The number of hydrogen-bond acceptors (Lipinski definition) is 3. The van der Waals surface area contributed by atoms with Gasteiger partial charge in [0, 0.05) is 23.5 Å². The van der Waals surface area contributed by atoms with E-state index in [1.165, 1.54) is 0 Å². The topological polar surface area (TPSA) is 97.2 Å². The molecule has 0 bridgehead atoms. The molecule has 6 nitrogen and oxygen atoms in total. The molecule has 140 valence electrons. The van der Waals surface area contributed by atoms with E-state index < -0.39 is 18.0 Å². The van der Waals surface area contributed by atoms with Crippen molar-refractivity contribution < 1.29 is 14.3 Å². The predicted octanol–water partition coefficient (Wildman–Crippen LogP) is 3.11. The van der Waals surface area contributed by atoms with Crippen LogP contribution < -0.4 is 11.1 Å². The summed E-state index contributed by atoms with van der Waals surface area (Å²) in [5.41, 5.74) is 10.2. The zero-order valence-electron chi connectivity index (χ0n) is 15.4. The van der Waals surface area contributed by atoms with Crippen LogP contribution in [-0.4, -0.2) is 23.0 Å². The first kappa shape index (κ1) is 18.5. The fourth-order valence-corrected chi connectivity index (χ4v) is 3.29. The van der Waals surface area contributed by atoms with E-state index in [1.807, 2.05) is 56.4 Å². The van der Waals surface area contributed by atoms with Gasteiger partial charge in [0.15, 0.2) is 0 Å². The molecular weight excluding hydrogens is 342 g/mol. The molecule has 1 heterocycles. The van der Waals surface area contributed by atoms with Crippen LogP contribution in [0.4, 0.5) is 4.79 Å². The van der Waals surface area contributed by atoms with Gasteiger partial charge < -0.3 is 20.8 Å². The molecule has 0 saturated heterocycles. The van der Waals surface area contributed by atoms with E-state index in [-0.39, 0.29) is 6.61 Å². The molecule has 1 atom stereocenters. The second-order valence-electron chi connectivity index (χ2n) is 6.73. The average Bonchev–Trinajstić information content (AvgIpc) is 3.01. The number of benzene rings is 2. The quantitative estimate of drug-likeness (QED) is 0.586. The van der Waals surface area contributed by atoms with Crippen molar-refractivity contribution in [1.29, 1.82) is 0 Å². The summed E-state index contributed by atoms with van der Waals surface area (Å²) in [4.78, 5) is 27.1. The van der Waals surface area contributed by atoms with Gasteiger partial charge in [0.25, 0.3) is 0 Å². The molecule has 0 aliphatic rings. The first-order valence-corrected chi connectivity index (χ1v) is 8.77. The van der Waals surface area contributed by atoms with E-state index in [1.54, 1.807) is 0 Å². The van der Waals surface area contributed by atoms with Crippen molar-refractivity contribution in [1.82, 2.24) is 10.3 Å². The maximum atomic E-state index is 12.6. The van der Waals surface area contributed by atoms with Crippen molar-refractivity contribution in [3.05, 3.63) is 70.9 Å². The van der Waals surface area contributed by atoms with Gasteiger partial charge >= 0.3 is 12.0 Å². The van der Waals surface area contributed by atoms with Crippen LogP contribution in [0.3, 0.4) is 0 Å². The second-order valence-corrected chi connectivity index (χ2v) is 6.73. The second kappa shape index (κ2) is 7.95. The van der Waals surface area contributed by atoms with Gasteiger partial charge in [-0.3, -0.25) is 0 Å². The minimum Gasteiger partial charge on any atom is -0.459 e. The van der Waals surface area contributed by atoms with E-state index in [0.29, 0.717) is 6.42 Å².